The predicted octanol–water partition coefficient (Wildman–Crippen LogP) is 3.45. The lowest BCUT2D eigenvalue weighted by atomic mass is 10.1. The van der Waals surface area contributed by atoms with Gasteiger partial charge in [-0.15, -0.1) is 35.3 Å². The highest BCUT2D eigenvalue weighted by Crippen LogP contribution is 2.24. The zero-order chi connectivity index (χ0) is 17.5. The quantitative estimate of drug-likeness (QED) is 0.387. The maximum atomic E-state index is 4.36. The van der Waals surface area contributed by atoms with Crippen molar-refractivity contribution in [1.82, 2.24) is 15.6 Å². The van der Waals surface area contributed by atoms with Crippen LogP contribution < -0.4 is 15.5 Å². The third-order valence-corrected chi connectivity index (χ3v) is 5.48. The molecule has 2 aromatic rings. The molecule has 0 atom stereocenters. The first-order valence-corrected chi connectivity index (χ1v) is 9.80. The topological polar surface area (TPSA) is 52.6 Å². The van der Waals surface area contributed by atoms with E-state index in [-0.39, 0.29) is 24.0 Å². The Hall–Kier alpha value is -1.35. The fourth-order valence-electron chi connectivity index (χ4n) is 3.05. The fraction of sp³-hybridized carbons (Fsp3) is 0.474. The lowest BCUT2D eigenvalue weighted by Crippen LogP contribution is -2.49. The number of nitrogens with one attached hydrogen (secondary N) is 2. The zero-order valence-electron chi connectivity index (χ0n) is 15.4. The first kappa shape index (κ1) is 21.0. The van der Waals surface area contributed by atoms with E-state index in [9.17, 15) is 0 Å². The van der Waals surface area contributed by atoms with Crippen LogP contribution in [0.5, 0.6) is 0 Å². The van der Waals surface area contributed by atoms with E-state index in [0.29, 0.717) is 6.04 Å². The highest BCUT2D eigenvalue weighted by molar-refractivity contribution is 14.0. The molecule has 26 heavy (non-hydrogen) atoms. The summed E-state index contributed by atoms with van der Waals surface area (Å²) in [5, 5.41) is 10.5. The van der Waals surface area contributed by atoms with Gasteiger partial charge in [-0.3, -0.25) is 9.98 Å². The van der Waals surface area contributed by atoms with Crippen LogP contribution in [0.1, 0.15) is 24.1 Å². The fourth-order valence-corrected chi connectivity index (χ4v) is 3.84. The van der Waals surface area contributed by atoms with E-state index >= 15 is 0 Å². The highest BCUT2D eigenvalue weighted by atomic mass is 127. The van der Waals surface area contributed by atoms with Crippen LogP contribution in [0.2, 0.25) is 0 Å². The number of piperidine rings is 1. The molecule has 0 bridgehead atoms. The van der Waals surface area contributed by atoms with Crippen LogP contribution in [-0.4, -0.2) is 43.7 Å². The molecule has 2 N–H and O–H groups in total. The van der Waals surface area contributed by atoms with Crippen molar-refractivity contribution in [3.05, 3.63) is 47.1 Å². The summed E-state index contributed by atoms with van der Waals surface area (Å²) in [6.07, 6.45) is 5.18. The Morgan fingerprint density at radius 3 is 2.73 bits per heavy atom. The summed E-state index contributed by atoms with van der Waals surface area (Å²) in [7, 11) is 1.84. The number of halogens is 1. The Morgan fingerprint density at radius 2 is 2.12 bits per heavy atom. The van der Waals surface area contributed by atoms with Crippen molar-refractivity contribution < 1.29 is 0 Å². The Morgan fingerprint density at radius 1 is 1.31 bits per heavy atom. The summed E-state index contributed by atoms with van der Waals surface area (Å²) in [6.45, 7) is 5.07. The normalized spacial score (nSPS) is 15.5. The van der Waals surface area contributed by atoms with Crippen LogP contribution in [0.4, 0.5) is 5.00 Å². The van der Waals surface area contributed by atoms with Crippen LogP contribution in [0, 0.1) is 6.92 Å². The van der Waals surface area contributed by atoms with Gasteiger partial charge in [0.05, 0.1) is 5.00 Å². The van der Waals surface area contributed by atoms with Gasteiger partial charge in [0.15, 0.2) is 5.96 Å². The van der Waals surface area contributed by atoms with E-state index in [4.69, 9.17) is 0 Å². The van der Waals surface area contributed by atoms with Gasteiger partial charge >= 0.3 is 0 Å². The number of guanidine groups is 1. The molecule has 0 amide bonds. The van der Waals surface area contributed by atoms with E-state index in [1.54, 1.807) is 0 Å². The third kappa shape index (κ3) is 6.12. The molecule has 2 aromatic heterocycles. The van der Waals surface area contributed by atoms with Gasteiger partial charge in [0.2, 0.25) is 0 Å². The molecule has 1 fully saturated rings. The highest BCUT2D eigenvalue weighted by Gasteiger charge is 2.20. The molecular weight excluding hydrogens is 457 g/mol. The first-order chi connectivity index (χ1) is 12.2. The molecule has 1 saturated heterocycles. The summed E-state index contributed by atoms with van der Waals surface area (Å²) >= 11 is 1.82. The van der Waals surface area contributed by atoms with Crippen LogP contribution in [0.25, 0.3) is 0 Å². The Labute approximate surface area is 177 Å². The van der Waals surface area contributed by atoms with Crippen LogP contribution in [-0.2, 0) is 6.42 Å². The molecule has 1 aliphatic rings. The van der Waals surface area contributed by atoms with Gasteiger partial charge in [0.1, 0.15) is 0 Å². The number of hydrogen-bond donors (Lipinski definition) is 2. The molecule has 7 heteroatoms. The summed E-state index contributed by atoms with van der Waals surface area (Å²) < 4.78 is 0. The average Bonchev–Trinajstić information content (AvgIpc) is 3.18. The van der Waals surface area contributed by atoms with Crippen molar-refractivity contribution in [3.8, 4) is 0 Å². The zero-order valence-corrected chi connectivity index (χ0v) is 18.6. The molecular formula is C19H28IN5S. The Bertz CT molecular complexity index is 664. The second kappa shape index (κ2) is 10.7. The molecule has 142 valence electrons. The maximum absolute atomic E-state index is 4.36. The van der Waals surface area contributed by atoms with E-state index in [2.05, 4.69) is 55.2 Å². The minimum absolute atomic E-state index is 0. The van der Waals surface area contributed by atoms with Crippen LogP contribution >= 0.6 is 35.3 Å². The monoisotopic (exact) mass is 485 g/mol. The molecule has 0 aliphatic carbocycles. The average molecular weight is 485 g/mol. The number of nitrogens with zero attached hydrogens (tertiary/aromatic N) is 3. The van der Waals surface area contributed by atoms with Crippen molar-refractivity contribution in [1.29, 1.82) is 0 Å². The molecule has 0 radical (unpaired) electrons. The molecule has 0 spiro atoms. The molecule has 0 aromatic carbocycles. The van der Waals surface area contributed by atoms with Crippen molar-refractivity contribution in [2.75, 3.05) is 31.6 Å². The lowest BCUT2D eigenvalue weighted by Gasteiger charge is -2.33. The van der Waals surface area contributed by atoms with Gasteiger partial charge in [0.25, 0.3) is 0 Å². The molecule has 3 heterocycles. The minimum Gasteiger partial charge on any atom is -0.363 e. The minimum atomic E-state index is 0. The second-order valence-corrected chi connectivity index (χ2v) is 7.34. The summed E-state index contributed by atoms with van der Waals surface area (Å²) in [4.78, 5) is 11.2. The first-order valence-electron chi connectivity index (χ1n) is 8.92. The Kier molecular flexibility index (Phi) is 8.64. The standard InChI is InChI=1S/C19H27N5S.HI/c1-15-5-6-16(14-22-15)7-10-21-19(20-2)23-17-8-11-24(12-9-17)18-4-3-13-25-18;/h3-6,13-14,17H,7-12H2,1-2H3,(H2,20,21,23);1H. The number of thiophene rings is 1. The second-order valence-electron chi connectivity index (χ2n) is 6.41. The lowest BCUT2D eigenvalue weighted by molar-refractivity contribution is 0.463. The predicted molar refractivity (Wildman–Crippen MR) is 122 cm³/mol. The largest absolute Gasteiger partial charge is 0.363 e. The van der Waals surface area contributed by atoms with Gasteiger partial charge in [-0.25, -0.2) is 0 Å². The van der Waals surface area contributed by atoms with Crippen LogP contribution in [0.3, 0.4) is 0 Å². The van der Waals surface area contributed by atoms with Gasteiger partial charge in [-0.2, -0.15) is 0 Å². The smallest absolute Gasteiger partial charge is 0.191 e. The number of aryl methyl sites for hydroxylation is 1. The number of aliphatic imine (C=N–C) groups is 1. The Balaban J connectivity index is 0.00000243. The third-order valence-electron chi connectivity index (χ3n) is 4.56. The number of anilines is 1. The SMILES string of the molecule is CN=C(NCCc1ccc(C)nc1)NC1CCN(c2cccs2)CC1.I. The van der Waals surface area contributed by atoms with Gasteiger partial charge < -0.3 is 15.5 Å². The van der Waals surface area contributed by atoms with Gasteiger partial charge in [-0.1, -0.05) is 6.07 Å². The number of pyridine rings is 1. The molecule has 0 saturated carbocycles. The van der Waals surface area contributed by atoms with Crippen LogP contribution in [0.15, 0.2) is 40.8 Å². The van der Waals surface area contributed by atoms with Gasteiger partial charge in [0, 0.05) is 44.6 Å². The summed E-state index contributed by atoms with van der Waals surface area (Å²) in [5.74, 6) is 0.898. The van der Waals surface area contributed by atoms with E-state index in [1.165, 1.54) is 10.6 Å². The molecule has 3 rings (SSSR count). The molecule has 1 aliphatic heterocycles. The number of aromatic nitrogens is 1. The van der Waals surface area contributed by atoms with E-state index < -0.39 is 0 Å². The summed E-state index contributed by atoms with van der Waals surface area (Å²) in [5.41, 5.74) is 2.31. The summed E-state index contributed by atoms with van der Waals surface area (Å²) in [6, 6.07) is 9.02. The van der Waals surface area contributed by atoms with Crippen molar-refractivity contribution in [2.45, 2.75) is 32.2 Å². The van der Waals surface area contributed by atoms with Gasteiger partial charge in [-0.05, 0) is 55.3 Å². The number of hydrogen-bond acceptors (Lipinski definition) is 4. The number of rotatable bonds is 5. The molecule has 5 nitrogen and oxygen atoms in total. The van der Waals surface area contributed by atoms with Crippen molar-refractivity contribution >= 4 is 46.3 Å². The van der Waals surface area contributed by atoms with Crippen molar-refractivity contribution in [3.63, 3.8) is 0 Å². The van der Waals surface area contributed by atoms with E-state index in [1.807, 2.05) is 31.5 Å². The van der Waals surface area contributed by atoms with E-state index in [0.717, 1.165) is 50.6 Å². The van der Waals surface area contributed by atoms with Crippen molar-refractivity contribution in [2.24, 2.45) is 4.99 Å². The molecule has 0 unspecified atom stereocenters. The maximum Gasteiger partial charge on any atom is 0.191 e.